The van der Waals surface area contributed by atoms with E-state index in [4.69, 9.17) is 14.2 Å². The average molecular weight is 399 g/mol. The summed E-state index contributed by atoms with van der Waals surface area (Å²) in [5.74, 6) is 1.01. The van der Waals surface area contributed by atoms with Crippen molar-refractivity contribution in [2.75, 3.05) is 26.2 Å². The minimum Gasteiger partial charge on any atom is -0.493 e. The quantitative estimate of drug-likeness (QED) is 0.686. The zero-order valence-corrected chi connectivity index (χ0v) is 17.2. The van der Waals surface area contributed by atoms with Crippen molar-refractivity contribution in [1.82, 2.24) is 0 Å². The van der Waals surface area contributed by atoms with Gasteiger partial charge >= 0.3 is 0 Å². The van der Waals surface area contributed by atoms with Crippen molar-refractivity contribution in [2.24, 2.45) is 0 Å². The summed E-state index contributed by atoms with van der Waals surface area (Å²) in [5, 5.41) is -0.329. The summed E-state index contributed by atoms with van der Waals surface area (Å²) < 4.78 is 16.1. The van der Waals surface area contributed by atoms with E-state index in [2.05, 4.69) is 0 Å². The Hall–Kier alpha value is -2.93. The van der Waals surface area contributed by atoms with Gasteiger partial charge in [-0.05, 0) is 61.0 Å². The minimum absolute atomic E-state index is 0.316. The molecule has 1 saturated heterocycles. The number of carbonyl (C=O) groups excluding carboxylic acids is 2. The van der Waals surface area contributed by atoms with Crippen LogP contribution < -0.4 is 19.1 Å². The standard InChI is InChI=1S/C21H21NO5S/c1-12-7-6-8-15(13(12)2)22-20(23)17(28-21(22)24)11-14-9-10-16(25-3)19(27-5)18(14)26-4/h6-11H,1-5H3/b17-11-. The molecule has 0 atom stereocenters. The highest BCUT2D eigenvalue weighted by Gasteiger charge is 2.37. The summed E-state index contributed by atoms with van der Waals surface area (Å²) in [6.07, 6.45) is 1.64. The maximum atomic E-state index is 13.0. The predicted octanol–water partition coefficient (Wildman–Crippen LogP) is 4.57. The van der Waals surface area contributed by atoms with Gasteiger partial charge in [-0.2, -0.15) is 0 Å². The third-order valence-corrected chi connectivity index (χ3v) is 5.50. The van der Waals surface area contributed by atoms with Crippen LogP contribution in [0.3, 0.4) is 0 Å². The largest absolute Gasteiger partial charge is 0.493 e. The molecule has 0 aromatic heterocycles. The molecule has 146 valence electrons. The van der Waals surface area contributed by atoms with E-state index in [9.17, 15) is 9.59 Å². The lowest BCUT2D eigenvalue weighted by atomic mass is 10.1. The van der Waals surface area contributed by atoms with Crippen LogP contribution in [0.25, 0.3) is 6.08 Å². The van der Waals surface area contributed by atoms with Crippen molar-refractivity contribution >= 4 is 34.7 Å². The smallest absolute Gasteiger partial charge is 0.298 e. The maximum absolute atomic E-state index is 13.0. The van der Waals surface area contributed by atoms with Crippen LogP contribution in [-0.4, -0.2) is 32.5 Å². The molecule has 0 N–H and O–H groups in total. The van der Waals surface area contributed by atoms with E-state index in [1.54, 1.807) is 24.3 Å². The first-order chi connectivity index (χ1) is 13.4. The number of methoxy groups -OCH3 is 3. The summed E-state index contributed by atoms with van der Waals surface area (Å²) in [4.78, 5) is 27.1. The van der Waals surface area contributed by atoms with E-state index in [0.717, 1.165) is 22.9 Å². The summed E-state index contributed by atoms with van der Waals surface area (Å²) in [6.45, 7) is 3.84. The first-order valence-electron chi connectivity index (χ1n) is 8.56. The highest BCUT2D eigenvalue weighted by atomic mass is 32.2. The van der Waals surface area contributed by atoms with Crippen LogP contribution in [0.15, 0.2) is 35.2 Å². The van der Waals surface area contributed by atoms with Crippen molar-refractivity contribution < 1.29 is 23.8 Å². The van der Waals surface area contributed by atoms with Gasteiger partial charge in [0.1, 0.15) is 0 Å². The molecule has 0 spiro atoms. The van der Waals surface area contributed by atoms with Gasteiger partial charge in [-0.1, -0.05) is 12.1 Å². The van der Waals surface area contributed by atoms with Crippen LogP contribution in [-0.2, 0) is 4.79 Å². The van der Waals surface area contributed by atoms with Crippen molar-refractivity contribution in [2.45, 2.75) is 13.8 Å². The number of hydrogen-bond acceptors (Lipinski definition) is 6. The second kappa shape index (κ2) is 7.98. The van der Waals surface area contributed by atoms with Gasteiger partial charge in [0.2, 0.25) is 5.75 Å². The number of ether oxygens (including phenoxy) is 3. The van der Waals surface area contributed by atoms with Crippen LogP contribution in [0.4, 0.5) is 10.5 Å². The summed E-state index contributed by atoms with van der Waals surface area (Å²) in [7, 11) is 4.56. The van der Waals surface area contributed by atoms with Gasteiger partial charge in [0, 0.05) is 5.56 Å². The molecule has 1 aliphatic rings. The summed E-state index contributed by atoms with van der Waals surface area (Å²) in [5.41, 5.74) is 3.13. The Balaban J connectivity index is 2.04. The number of anilines is 1. The number of nitrogens with zero attached hydrogens (tertiary/aromatic N) is 1. The van der Waals surface area contributed by atoms with Gasteiger partial charge in [-0.3, -0.25) is 9.59 Å². The van der Waals surface area contributed by atoms with Gasteiger partial charge in [0.15, 0.2) is 11.5 Å². The van der Waals surface area contributed by atoms with Crippen LogP contribution in [0.1, 0.15) is 16.7 Å². The Kier molecular flexibility index (Phi) is 5.65. The fourth-order valence-corrected chi connectivity index (χ4v) is 3.86. The van der Waals surface area contributed by atoms with Gasteiger partial charge in [-0.25, -0.2) is 4.90 Å². The number of imide groups is 1. The molecule has 2 amide bonds. The number of amides is 2. The lowest BCUT2D eigenvalue weighted by Gasteiger charge is -2.16. The van der Waals surface area contributed by atoms with E-state index >= 15 is 0 Å². The molecule has 1 fully saturated rings. The SMILES string of the molecule is COc1ccc(/C=C2\SC(=O)N(c3cccc(C)c3C)C2=O)c(OC)c1OC. The molecule has 1 heterocycles. The van der Waals surface area contributed by atoms with Crippen LogP contribution >= 0.6 is 11.8 Å². The Morgan fingerprint density at radius 1 is 0.929 bits per heavy atom. The van der Waals surface area contributed by atoms with Crippen LogP contribution in [0.5, 0.6) is 17.2 Å². The third kappa shape index (κ3) is 3.33. The van der Waals surface area contributed by atoms with Crippen LogP contribution in [0.2, 0.25) is 0 Å². The zero-order chi connectivity index (χ0) is 20.4. The highest BCUT2D eigenvalue weighted by molar-refractivity contribution is 8.19. The third-order valence-electron chi connectivity index (χ3n) is 4.63. The van der Waals surface area contributed by atoms with Gasteiger partial charge in [-0.15, -0.1) is 0 Å². The summed E-state index contributed by atoms with van der Waals surface area (Å²) in [6, 6.07) is 9.04. The monoisotopic (exact) mass is 399 g/mol. The molecular weight excluding hydrogens is 378 g/mol. The van der Waals surface area contributed by atoms with Crippen molar-refractivity contribution in [1.29, 1.82) is 0 Å². The fourth-order valence-electron chi connectivity index (χ4n) is 3.03. The highest BCUT2D eigenvalue weighted by Crippen LogP contribution is 2.43. The number of thioether (sulfide) groups is 1. The molecule has 0 saturated carbocycles. The molecule has 0 unspecified atom stereocenters. The number of carbonyl (C=O) groups is 2. The molecule has 28 heavy (non-hydrogen) atoms. The summed E-state index contributed by atoms with van der Waals surface area (Å²) >= 11 is 0.900. The van der Waals surface area contributed by atoms with Gasteiger partial charge < -0.3 is 14.2 Å². The van der Waals surface area contributed by atoms with Crippen molar-refractivity contribution in [3.8, 4) is 17.2 Å². The zero-order valence-electron chi connectivity index (χ0n) is 16.4. The molecule has 7 heteroatoms. The molecule has 0 bridgehead atoms. The topological polar surface area (TPSA) is 65.1 Å². The average Bonchev–Trinajstić information content (AvgIpc) is 2.96. The molecule has 6 nitrogen and oxygen atoms in total. The molecule has 1 aliphatic heterocycles. The second-order valence-electron chi connectivity index (χ2n) is 6.16. The van der Waals surface area contributed by atoms with E-state index in [-0.39, 0.29) is 11.1 Å². The maximum Gasteiger partial charge on any atom is 0.298 e. The van der Waals surface area contributed by atoms with E-state index in [1.807, 2.05) is 26.0 Å². The fraction of sp³-hybridized carbons (Fsp3) is 0.238. The molecule has 2 aromatic carbocycles. The number of aryl methyl sites for hydroxylation is 1. The Morgan fingerprint density at radius 3 is 2.29 bits per heavy atom. The van der Waals surface area contributed by atoms with E-state index in [0.29, 0.717) is 33.4 Å². The predicted molar refractivity (Wildman–Crippen MR) is 110 cm³/mol. The van der Waals surface area contributed by atoms with Gasteiger partial charge in [0.25, 0.3) is 11.1 Å². The van der Waals surface area contributed by atoms with E-state index in [1.165, 1.54) is 26.2 Å². The van der Waals surface area contributed by atoms with E-state index < -0.39 is 0 Å². The second-order valence-corrected chi connectivity index (χ2v) is 7.15. The van der Waals surface area contributed by atoms with Gasteiger partial charge in [0.05, 0.1) is 31.9 Å². The Labute approximate surface area is 168 Å². The van der Waals surface area contributed by atoms with Crippen LogP contribution in [0, 0.1) is 13.8 Å². The lowest BCUT2D eigenvalue weighted by Crippen LogP contribution is -2.28. The molecule has 0 aliphatic carbocycles. The number of rotatable bonds is 5. The minimum atomic E-state index is -0.361. The number of benzene rings is 2. The lowest BCUT2D eigenvalue weighted by molar-refractivity contribution is -0.113. The Morgan fingerprint density at radius 2 is 1.64 bits per heavy atom. The first-order valence-corrected chi connectivity index (χ1v) is 9.37. The molecule has 0 radical (unpaired) electrons. The Bertz CT molecular complexity index is 983. The molecule has 2 aromatic rings. The number of hydrogen-bond donors (Lipinski definition) is 0. The first kappa shape index (κ1) is 19.8. The molecular formula is C21H21NO5S. The van der Waals surface area contributed by atoms with Crippen molar-refractivity contribution in [3.63, 3.8) is 0 Å². The normalized spacial score (nSPS) is 15.3. The molecule has 3 rings (SSSR count). The van der Waals surface area contributed by atoms with Crippen molar-refractivity contribution in [3.05, 3.63) is 51.9 Å².